The topological polar surface area (TPSA) is 17.1 Å². The summed E-state index contributed by atoms with van der Waals surface area (Å²) < 4.78 is 0. The van der Waals surface area contributed by atoms with Crippen LogP contribution in [0.5, 0.6) is 0 Å². The lowest BCUT2D eigenvalue weighted by molar-refractivity contribution is 0.112. The van der Waals surface area contributed by atoms with Gasteiger partial charge in [-0.15, -0.1) is 18.2 Å². The van der Waals surface area contributed by atoms with Gasteiger partial charge in [0.05, 0.1) is 5.75 Å². The van der Waals surface area contributed by atoms with Crippen LogP contribution in [0.2, 0.25) is 0 Å². The molecule has 0 aliphatic carbocycles. The summed E-state index contributed by atoms with van der Waals surface area (Å²) in [6.45, 7) is 0. The molecule has 0 radical (unpaired) electrons. The van der Waals surface area contributed by atoms with Crippen molar-refractivity contribution in [3.63, 3.8) is 0 Å². The molecule has 0 atom stereocenters. The summed E-state index contributed by atoms with van der Waals surface area (Å²) >= 11 is 1.50. The molecule has 1 aromatic carbocycles. The molecule has 0 fully saturated rings. The normalized spacial score (nSPS) is 8.92. The molecule has 0 unspecified atom stereocenters. The van der Waals surface area contributed by atoms with E-state index in [0.717, 1.165) is 11.2 Å². The Morgan fingerprint density at radius 2 is 2.25 bits per heavy atom. The van der Waals surface area contributed by atoms with Gasteiger partial charge >= 0.3 is 0 Å². The van der Waals surface area contributed by atoms with E-state index < -0.39 is 0 Å². The minimum Gasteiger partial charge on any atom is -0.298 e. The van der Waals surface area contributed by atoms with Crippen molar-refractivity contribution in [2.24, 2.45) is 0 Å². The predicted molar refractivity (Wildman–Crippen MR) is 51.4 cm³/mol. The second-order valence-corrected chi connectivity index (χ2v) is 3.17. The van der Waals surface area contributed by atoms with Gasteiger partial charge < -0.3 is 0 Å². The Labute approximate surface area is 76.2 Å². The minimum absolute atomic E-state index is 0.602. The van der Waals surface area contributed by atoms with Gasteiger partial charge in [0, 0.05) is 10.5 Å². The number of hydrogen-bond acceptors (Lipinski definition) is 2. The number of aldehydes is 1. The van der Waals surface area contributed by atoms with E-state index in [9.17, 15) is 4.79 Å². The fraction of sp³-hybridized carbons (Fsp3) is 0.100. The van der Waals surface area contributed by atoms with Crippen molar-refractivity contribution < 1.29 is 4.79 Å². The van der Waals surface area contributed by atoms with E-state index in [-0.39, 0.29) is 0 Å². The van der Waals surface area contributed by atoms with Gasteiger partial charge in [0.15, 0.2) is 6.29 Å². The fourth-order valence-electron chi connectivity index (χ4n) is 0.829. The van der Waals surface area contributed by atoms with Gasteiger partial charge in [0.1, 0.15) is 0 Å². The van der Waals surface area contributed by atoms with Crippen LogP contribution >= 0.6 is 11.8 Å². The van der Waals surface area contributed by atoms with Crippen LogP contribution in [0.1, 0.15) is 10.4 Å². The molecule has 0 amide bonds. The van der Waals surface area contributed by atoms with Crippen LogP contribution in [0.4, 0.5) is 0 Å². The number of carbonyl (C=O) groups is 1. The first-order valence-electron chi connectivity index (χ1n) is 3.49. The van der Waals surface area contributed by atoms with Crippen LogP contribution in [0.3, 0.4) is 0 Å². The number of thioether (sulfide) groups is 1. The van der Waals surface area contributed by atoms with Gasteiger partial charge in [-0.25, -0.2) is 0 Å². The van der Waals surface area contributed by atoms with E-state index in [2.05, 4.69) is 5.92 Å². The molecule has 0 saturated heterocycles. The zero-order valence-electron chi connectivity index (χ0n) is 6.49. The van der Waals surface area contributed by atoms with Crippen molar-refractivity contribution in [1.82, 2.24) is 0 Å². The summed E-state index contributed by atoms with van der Waals surface area (Å²) in [7, 11) is 0. The molecule has 0 spiro atoms. The highest BCUT2D eigenvalue weighted by Gasteiger charge is 1.98. The number of hydrogen-bond donors (Lipinski definition) is 0. The lowest BCUT2D eigenvalue weighted by Gasteiger charge is -1.99. The van der Waals surface area contributed by atoms with Gasteiger partial charge in [-0.3, -0.25) is 4.79 Å². The zero-order valence-corrected chi connectivity index (χ0v) is 7.30. The first-order chi connectivity index (χ1) is 5.88. The Morgan fingerprint density at radius 3 is 2.92 bits per heavy atom. The number of carbonyl (C=O) groups excluding carboxylic acids is 1. The summed E-state index contributed by atoms with van der Waals surface area (Å²) in [5, 5.41) is 0. The van der Waals surface area contributed by atoms with Gasteiger partial charge in [0.25, 0.3) is 0 Å². The summed E-state index contributed by atoms with van der Waals surface area (Å²) in [4.78, 5) is 11.5. The van der Waals surface area contributed by atoms with E-state index in [1.807, 2.05) is 18.2 Å². The van der Waals surface area contributed by atoms with E-state index in [1.165, 1.54) is 11.8 Å². The molecular formula is C10H8OS. The van der Waals surface area contributed by atoms with Crippen LogP contribution in [-0.2, 0) is 0 Å². The summed E-state index contributed by atoms with van der Waals surface area (Å²) in [6.07, 6.45) is 5.95. The summed E-state index contributed by atoms with van der Waals surface area (Å²) in [5.41, 5.74) is 0.706. The number of terminal acetylenes is 1. The number of rotatable bonds is 3. The number of benzene rings is 1. The van der Waals surface area contributed by atoms with Gasteiger partial charge in [-0.2, -0.15) is 0 Å². The second kappa shape index (κ2) is 4.63. The van der Waals surface area contributed by atoms with Crippen molar-refractivity contribution in [3.8, 4) is 12.3 Å². The Morgan fingerprint density at radius 1 is 1.50 bits per heavy atom. The molecule has 0 saturated carbocycles. The van der Waals surface area contributed by atoms with Gasteiger partial charge in [-0.05, 0) is 6.07 Å². The van der Waals surface area contributed by atoms with E-state index in [4.69, 9.17) is 6.42 Å². The Balaban J connectivity index is 2.83. The molecule has 0 aromatic heterocycles. The molecule has 0 aliphatic rings. The minimum atomic E-state index is 0.602. The highest BCUT2D eigenvalue weighted by Crippen LogP contribution is 2.20. The van der Waals surface area contributed by atoms with Crippen molar-refractivity contribution in [2.45, 2.75) is 4.90 Å². The van der Waals surface area contributed by atoms with Crippen molar-refractivity contribution >= 4 is 18.0 Å². The molecular weight excluding hydrogens is 168 g/mol. The summed E-state index contributed by atoms with van der Waals surface area (Å²) in [6, 6.07) is 7.41. The van der Waals surface area contributed by atoms with Crippen LogP contribution in [0, 0.1) is 12.3 Å². The quantitative estimate of drug-likeness (QED) is 0.399. The largest absolute Gasteiger partial charge is 0.298 e. The van der Waals surface area contributed by atoms with Crippen LogP contribution < -0.4 is 0 Å². The molecule has 0 heterocycles. The van der Waals surface area contributed by atoms with Crippen molar-refractivity contribution in [2.75, 3.05) is 5.75 Å². The average Bonchev–Trinajstić information content (AvgIpc) is 2.15. The zero-order chi connectivity index (χ0) is 8.81. The molecule has 0 N–H and O–H groups in total. The third kappa shape index (κ3) is 2.14. The second-order valence-electron chi connectivity index (χ2n) is 2.15. The van der Waals surface area contributed by atoms with Crippen molar-refractivity contribution in [3.05, 3.63) is 29.8 Å². The van der Waals surface area contributed by atoms with Crippen LogP contribution in [0.15, 0.2) is 29.2 Å². The maximum Gasteiger partial charge on any atom is 0.151 e. The third-order valence-electron chi connectivity index (χ3n) is 1.36. The molecule has 1 rings (SSSR count). The third-order valence-corrected chi connectivity index (χ3v) is 2.35. The first kappa shape index (κ1) is 8.89. The SMILES string of the molecule is C#CCSc1ccccc1C=O. The van der Waals surface area contributed by atoms with E-state index >= 15 is 0 Å². The highest BCUT2D eigenvalue weighted by atomic mass is 32.2. The Kier molecular flexibility index (Phi) is 3.43. The lowest BCUT2D eigenvalue weighted by Crippen LogP contribution is -1.84. The standard InChI is InChI=1S/C10H8OS/c1-2-7-12-10-6-4-3-5-9(10)8-11/h1,3-6,8H,7H2. The smallest absolute Gasteiger partial charge is 0.151 e. The molecule has 1 aromatic rings. The predicted octanol–water partition coefficient (Wildman–Crippen LogP) is 2.22. The maximum atomic E-state index is 10.5. The van der Waals surface area contributed by atoms with Crippen LogP contribution in [-0.4, -0.2) is 12.0 Å². The van der Waals surface area contributed by atoms with E-state index in [0.29, 0.717) is 11.3 Å². The molecule has 0 aliphatic heterocycles. The Bertz CT molecular complexity index is 312. The molecule has 1 nitrogen and oxygen atoms in total. The fourth-order valence-corrected chi connectivity index (χ4v) is 1.53. The molecule has 12 heavy (non-hydrogen) atoms. The molecule has 60 valence electrons. The summed E-state index contributed by atoms with van der Waals surface area (Å²) in [5.74, 6) is 3.12. The Hall–Kier alpha value is -1.20. The lowest BCUT2D eigenvalue weighted by atomic mass is 10.2. The average molecular weight is 176 g/mol. The molecule has 0 bridgehead atoms. The molecule has 2 heteroatoms. The van der Waals surface area contributed by atoms with Crippen molar-refractivity contribution in [1.29, 1.82) is 0 Å². The monoisotopic (exact) mass is 176 g/mol. The van der Waals surface area contributed by atoms with E-state index in [1.54, 1.807) is 6.07 Å². The maximum absolute atomic E-state index is 10.5. The van der Waals surface area contributed by atoms with Gasteiger partial charge in [0.2, 0.25) is 0 Å². The van der Waals surface area contributed by atoms with Gasteiger partial charge in [-0.1, -0.05) is 24.1 Å². The highest BCUT2D eigenvalue weighted by molar-refractivity contribution is 7.99. The first-order valence-corrected chi connectivity index (χ1v) is 4.47. The van der Waals surface area contributed by atoms with Crippen LogP contribution in [0.25, 0.3) is 0 Å².